The van der Waals surface area contributed by atoms with Crippen LogP contribution in [0, 0.1) is 6.92 Å². The van der Waals surface area contributed by atoms with Gasteiger partial charge < -0.3 is 10.1 Å². The highest BCUT2D eigenvalue weighted by molar-refractivity contribution is 7.22. The van der Waals surface area contributed by atoms with Crippen molar-refractivity contribution in [3.63, 3.8) is 0 Å². The number of nitrogens with one attached hydrogen (secondary N) is 2. The van der Waals surface area contributed by atoms with E-state index in [0.717, 1.165) is 5.56 Å². The second-order valence-electron chi connectivity index (χ2n) is 8.25. The molecule has 1 aromatic carbocycles. The Bertz CT molecular complexity index is 1060. The average Bonchev–Trinajstić information content (AvgIpc) is 3.20. The van der Waals surface area contributed by atoms with E-state index in [9.17, 15) is 9.59 Å². The van der Waals surface area contributed by atoms with Crippen LogP contribution in [0.2, 0.25) is 0 Å². The number of benzene rings is 1. The normalized spacial score (nSPS) is 12.7. The standard InChI is InChI=1S/C21H27N5O3S/c1-12-7-9-14(10-8-12)18(27)24-20-23-17-16(30-20)15(25-26(17)21(3,4)5)19(28)22-13(2)11-29-6/h7-10,13H,11H2,1-6H3,(H,22,28)(H,23,24,27)/t13-/m0/s1. The predicted octanol–water partition coefficient (Wildman–Crippen LogP) is 3.57. The number of hydrogen-bond acceptors (Lipinski definition) is 6. The molecule has 0 unspecified atom stereocenters. The Labute approximate surface area is 179 Å². The van der Waals surface area contributed by atoms with E-state index < -0.39 is 0 Å². The lowest BCUT2D eigenvalue weighted by molar-refractivity contribution is 0.0900. The Morgan fingerprint density at radius 3 is 2.47 bits per heavy atom. The van der Waals surface area contributed by atoms with Crippen LogP contribution in [-0.2, 0) is 10.3 Å². The summed E-state index contributed by atoms with van der Waals surface area (Å²) in [5, 5.41) is 10.7. The van der Waals surface area contributed by atoms with Crippen molar-refractivity contribution in [1.82, 2.24) is 20.1 Å². The quantitative estimate of drug-likeness (QED) is 0.624. The largest absolute Gasteiger partial charge is 0.383 e. The molecule has 8 nitrogen and oxygen atoms in total. The Morgan fingerprint density at radius 1 is 1.20 bits per heavy atom. The minimum Gasteiger partial charge on any atom is -0.383 e. The zero-order valence-corrected chi connectivity index (χ0v) is 18.9. The number of aromatic nitrogens is 3. The summed E-state index contributed by atoms with van der Waals surface area (Å²) in [4.78, 5) is 30.0. The highest BCUT2D eigenvalue weighted by atomic mass is 32.1. The fourth-order valence-corrected chi connectivity index (χ4v) is 3.85. The third-order valence-corrected chi connectivity index (χ3v) is 5.37. The summed E-state index contributed by atoms with van der Waals surface area (Å²) in [5.74, 6) is -0.547. The monoisotopic (exact) mass is 429 g/mol. The number of thiazole rings is 1. The number of methoxy groups -OCH3 is 1. The van der Waals surface area contributed by atoms with Gasteiger partial charge >= 0.3 is 0 Å². The van der Waals surface area contributed by atoms with Gasteiger partial charge in [-0.25, -0.2) is 4.68 Å². The van der Waals surface area contributed by atoms with Crippen molar-refractivity contribution < 1.29 is 14.3 Å². The van der Waals surface area contributed by atoms with Crippen molar-refractivity contribution in [3.8, 4) is 0 Å². The van der Waals surface area contributed by atoms with Crippen molar-refractivity contribution in [2.45, 2.75) is 46.2 Å². The number of nitrogens with zero attached hydrogens (tertiary/aromatic N) is 3. The molecule has 0 radical (unpaired) electrons. The van der Waals surface area contributed by atoms with Crippen LogP contribution in [0.3, 0.4) is 0 Å². The maximum Gasteiger partial charge on any atom is 0.273 e. The van der Waals surface area contributed by atoms with Gasteiger partial charge in [0.25, 0.3) is 11.8 Å². The van der Waals surface area contributed by atoms with Gasteiger partial charge in [-0.3, -0.25) is 14.9 Å². The molecule has 0 spiro atoms. The molecule has 1 atom stereocenters. The minimum absolute atomic E-state index is 0.161. The summed E-state index contributed by atoms with van der Waals surface area (Å²) in [6.07, 6.45) is 0. The fourth-order valence-electron chi connectivity index (χ4n) is 2.93. The van der Waals surface area contributed by atoms with Crippen molar-refractivity contribution in [2.24, 2.45) is 0 Å². The van der Waals surface area contributed by atoms with Gasteiger partial charge in [-0.05, 0) is 46.8 Å². The van der Waals surface area contributed by atoms with Gasteiger partial charge in [0.1, 0.15) is 4.70 Å². The zero-order chi connectivity index (χ0) is 22.1. The Balaban J connectivity index is 1.94. The molecule has 0 aliphatic carbocycles. The number of aryl methyl sites for hydroxylation is 1. The highest BCUT2D eigenvalue weighted by Gasteiger charge is 2.27. The van der Waals surface area contributed by atoms with Crippen LogP contribution in [0.25, 0.3) is 10.3 Å². The van der Waals surface area contributed by atoms with E-state index in [4.69, 9.17) is 4.74 Å². The van der Waals surface area contributed by atoms with E-state index >= 15 is 0 Å². The summed E-state index contributed by atoms with van der Waals surface area (Å²) in [5.41, 5.74) is 2.09. The molecule has 0 aliphatic heterocycles. The molecule has 30 heavy (non-hydrogen) atoms. The summed E-state index contributed by atoms with van der Waals surface area (Å²) in [6, 6.07) is 7.14. The average molecular weight is 430 g/mol. The molecule has 0 saturated carbocycles. The maximum absolute atomic E-state index is 12.8. The zero-order valence-electron chi connectivity index (χ0n) is 18.1. The molecule has 2 heterocycles. The first-order valence-electron chi connectivity index (χ1n) is 9.68. The molecule has 0 fully saturated rings. The Kier molecular flexibility index (Phi) is 6.23. The van der Waals surface area contributed by atoms with Gasteiger partial charge in [0.2, 0.25) is 0 Å². The van der Waals surface area contributed by atoms with Gasteiger partial charge in [0.15, 0.2) is 16.5 Å². The first kappa shape index (κ1) is 21.9. The molecule has 2 amide bonds. The molecule has 0 bridgehead atoms. The highest BCUT2D eigenvalue weighted by Crippen LogP contribution is 2.32. The van der Waals surface area contributed by atoms with E-state index in [-0.39, 0.29) is 29.1 Å². The summed E-state index contributed by atoms with van der Waals surface area (Å²) in [7, 11) is 1.58. The van der Waals surface area contributed by atoms with Gasteiger partial charge in [0, 0.05) is 18.7 Å². The lowest BCUT2D eigenvalue weighted by atomic mass is 10.1. The molecular weight excluding hydrogens is 402 g/mol. The predicted molar refractivity (Wildman–Crippen MR) is 118 cm³/mol. The molecule has 2 aromatic heterocycles. The molecule has 0 aliphatic rings. The third kappa shape index (κ3) is 4.68. The number of fused-ring (bicyclic) bond motifs is 1. The lowest BCUT2D eigenvalue weighted by Crippen LogP contribution is -2.36. The first-order chi connectivity index (χ1) is 14.1. The summed E-state index contributed by atoms with van der Waals surface area (Å²) in [6.45, 7) is 10.2. The first-order valence-corrected chi connectivity index (χ1v) is 10.5. The second kappa shape index (κ2) is 8.53. The molecule has 3 rings (SSSR count). The third-order valence-electron chi connectivity index (χ3n) is 4.40. The van der Waals surface area contributed by atoms with Crippen LogP contribution in [0.15, 0.2) is 24.3 Å². The number of anilines is 1. The number of rotatable bonds is 6. The van der Waals surface area contributed by atoms with Crippen LogP contribution in [-0.4, -0.2) is 46.3 Å². The van der Waals surface area contributed by atoms with Crippen LogP contribution >= 0.6 is 11.3 Å². The minimum atomic E-state index is -0.388. The van der Waals surface area contributed by atoms with Gasteiger partial charge in [-0.15, -0.1) is 0 Å². The maximum atomic E-state index is 12.8. The Morgan fingerprint density at radius 2 is 1.87 bits per heavy atom. The topological polar surface area (TPSA) is 98.1 Å². The number of carbonyl (C=O) groups is 2. The van der Waals surface area contributed by atoms with Crippen molar-refractivity contribution in [1.29, 1.82) is 0 Å². The molecule has 160 valence electrons. The summed E-state index contributed by atoms with van der Waals surface area (Å²) >= 11 is 1.24. The fraction of sp³-hybridized carbons (Fsp3) is 0.429. The number of ether oxygens (including phenoxy) is 1. The van der Waals surface area contributed by atoms with Crippen LogP contribution < -0.4 is 10.6 Å². The van der Waals surface area contributed by atoms with Gasteiger partial charge in [-0.2, -0.15) is 10.1 Å². The van der Waals surface area contributed by atoms with Crippen molar-refractivity contribution in [3.05, 3.63) is 41.1 Å². The lowest BCUT2D eigenvalue weighted by Gasteiger charge is -2.19. The van der Waals surface area contributed by atoms with E-state index in [1.807, 2.05) is 46.8 Å². The van der Waals surface area contributed by atoms with E-state index in [1.54, 1.807) is 23.9 Å². The van der Waals surface area contributed by atoms with E-state index in [0.29, 0.717) is 27.6 Å². The van der Waals surface area contributed by atoms with E-state index in [2.05, 4.69) is 20.7 Å². The number of amides is 2. The van der Waals surface area contributed by atoms with E-state index in [1.165, 1.54) is 11.3 Å². The van der Waals surface area contributed by atoms with Crippen LogP contribution in [0.5, 0.6) is 0 Å². The molecular formula is C21H27N5O3S. The number of carbonyl (C=O) groups excluding carboxylic acids is 2. The molecule has 2 N–H and O–H groups in total. The molecule has 3 aromatic rings. The van der Waals surface area contributed by atoms with Gasteiger partial charge in [-0.1, -0.05) is 29.0 Å². The second-order valence-corrected chi connectivity index (χ2v) is 9.25. The van der Waals surface area contributed by atoms with Crippen LogP contribution in [0.1, 0.15) is 54.1 Å². The molecule has 0 saturated heterocycles. The summed E-state index contributed by atoms with van der Waals surface area (Å²) < 4.78 is 7.44. The van der Waals surface area contributed by atoms with Crippen molar-refractivity contribution in [2.75, 3.05) is 19.0 Å². The Hall–Kier alpha value is -2.78. The van der Waals surface area contributed by atoms with Gasteiger partial charge in [0.05, 0.1) is 12.1 Å². The van der Waals surface area contributed by atoms with Crippen LogP contribution in [0.4, 0.5) is 5.13 Å². The molecule has 9 heteroatoms. The van der Waals surface area contributed by atoms with Crippen molar-refractivity contribution >= 4 is 38.6 Å². The SMILES string of the molecule is COC[C@H](C)NC(=O)c1nn(C(C)(C)C)c2nc(NC(=O)c3ccc(C)cc3)sc12. The smallest absolute Gasteiger partial charge is 0.273 e. The number of hydrogen-bond donors (Lipinski definition) is 2.